The van der Waals surface area contributed by atoms with Crippen molar-refractivity contribution in [2.45, 2.75) is 6.42 Å². The van der Waals surface area contributed by atoms with Crippen LogP contribution in [0.2, 0.25) is 0 Å². The monoisotopic (exact) mass is 389 g/mol. The fourth-order valence-corrected chi connectivity index (χ4v) is 3.24. The fourth-order valence-electron chi connectivity index (χ4n) is 3.24. The molecule has 0 aliphatic rings. The molecule has 0 spiro atoms. The Labute approximate surface area is 167 Å². The van der Waals surface area contributed by atoms with Crippen LogP contribution in [0.5, 0.6) is 11.5 Å². The lowest BCUT2D eigenvalue weighted by Crippen LogP contribution is -2.03. The van der Waals surface area contributed by atoms with Gasteiger partial charge in [-0.15, -0.1) is 0 Å². The van der Waals surface area contributed by atoms with Gasteiger partial charge in [-0.3, -0.25) is 0 Å². The second kappa shape index (κ2) is 7.63. The molecule has 4 rings (SSSR count). The van der Waals surface area contributed by atoms with Gasteiger partial charge in [0.1, 0.15) is 17.2 Å². The van der Waals surface area contributed by atoms with Gasteiger partial charge in [0.05, 0.1) is 31.6 Å². The van der Waals surface area contributed by atoms with Crippen molar-refractivity contribution in [3.63, 3.8) is 0 Å². The third-order valence-corrected chi connectivity index (χ3v) is 4.69. The number of rotatable bonds is 6. The van der Waals surface area contributed by atoms with Gasteiger partial charge in [-0.05, 0) is 48.5 Å². The molecule has 0 radical (unpaired) electrons. The maximum Gasteiger partial charge on any atom is 0.354 e. The van der Waals surface area contributed by atoms with Crippen molar-refractivity contribution in [3.8, 4) is 22.8 Å². The van der Waals surface area contributed by atoms with Crippen LogP contribution in [-0.4, -0.2) is 39.9 Å². The molecule has 0 bridgehead atoms. The van der Waals surface area contributed by atoms with Crippen molar-refractivity contribution in [1.82, 2.24) is 14.6 Å². The number of carboxylic acids is 1. The van der Waals surface area contributed by atoms with E-state index >= 15 is 0 Å². The highest BCUT2D eigenvalue weighted by Crippen LogP contribution is 2.30. The lowest BCUT2D eigenvalue weighted by molar-refractivity contribution is 0.0690. The lowest BCUT2D eigenvalue weighted by atomic mass is 10.0. The summed E-state index contributed by atoms with van der Waals surface area (Å²) in [5.74, 6) is 0.405. The number of ether oxygens (including phenoxy) is 2. The van der Waals surface area contributed by atoms with Crippen LogP contribution in [-0.2, 0) is 6.42 Å². The first-order valence-corrected chi connectivity index (χ1v) is 8.98. The second-order valence-electron chi connectivity index (χ2n) is 6.45. The number of benzene rings is 1. The van der Waals surface area contributed by atoms with E-state index < -0.39 is 5.97 Å². The molecule has 7 nitrogen and oxygen atoms in total. The molecule has 146 valence electrons. The van der Waals surface area contributed by atoms with E-state index in [1.54, 1.807) is 24.8 Å². The molecule has 1 aromatic carbocycles. The molecule has 3 heterocycles. The van der Waals surface area contributed by atoms with Crippen LogP contribution in [0.1, 0.15) is 21.7 Å². The first-order chi connectivity index (χ1) is 14.1. The Morgan fingerprint density at radius 3 is 2.41 bits per heavy atom. The summed E-state index contributed by atoms with van der Waals surface area (Å²) in [5, 5.41) is 14.0. The van der Waals surface area contributed by atoms with Crippen LogP contribution in [0.25, 0.3) is 16.8 Å². The first-order valence-electron chi connectivity index (χ1n) is 8.98. The zero-order chi connectivity index (χ0) is 20.4. The van der Waals surface area contributed by atoms with Crippen molar-refractivity contribution in [2.75, 3.05) is 14.2 Å². The molecule has 0 saturated heterocycles. The number of pyridine rings is 2. The van der Waals surface area contributed by atoms with Crippen molar-refractivity contribution < 1.29 is 19.4 Å². The summed E-state index contributed by atoms with van der Waals surface area (Å²) in [6.45, 7) is 0. The van der Waals surface area contributed by atoms with Gasteiger partial charge in [-0.1, -0.05) is 6.07 Å². The summed E-state index contributed by atoms with van der Waals surface area (Å²) in [6.07, 6.45) is 2.26. The highest BCUT2D eigenvalue weighted by Gasteiger charge is 2.17. The third kappa shape index (κ3) is 3.62. The number of nitrogens with zero attached hydrogens (tertiary/aromatic N) is 3. The van der Waals surface area contributed by atoms with Gasteiger partial charge in [0.15, 0.2) is 0 Å². The van der Waals surface area contributed by atoms with Gasteiger partial charge < -0.3 is 14.6 Å². The van der Waals surface area contributed by atoms with Crippen LogP contribution >= 0.6 is 0 Å². The number of methoxy groups -OCH3 is 2. The molecule has 0 aliphatic carbocycles. The van der Waals surface area contributed by atoms with Crippen molar-refractivity contribution in [2.24, 2.45) is 0 Å². The Hall–Kier alpha value is -3.87. The summed E-state index contributed by atoms with van der Waals surface area (Å²) < 4.78 is 12.3. The maximum atomic E-state index is 11.3. The van der Waals surface area contributed by atoms with Crippen LogP contribution in [0.4, 0.5) is 0 Å². The number of carboxylic acid groups (broad SMARTS) is 1. The largest absolute Gasteiger partial charge is 0.497 e. The van der Waals surface area contributed by atoms with Crippen molar-refractivity contribution in [3.05, 3.63) is 77.7 Å². The molecule has 0 unspecified atom stereocenters. The number of hydrogen-bond donors (Lipinski definition) is 1. The normalized spacial score (nSPS) is 10.8. The summed E-state index contributed by atoms with van der Waals surface area (Å²) in [5.41, 5.74) is 4.25. The number of carbonyl (C=O) groups is 1. The molecular weight excluding hydrogens is 370 g/mol. The van der Waals surface area contributed by atoms with Gasteiger partial charge in [-0.25, -0.2) is 14.3 Å². The Morgan fingerprint density at radius 1 is 1.00 bits per heavy atom. The van der Waals surface area contributed by atoms with E-state index in [1.165, 1.54) is 6.07 Å². The molecule has 0 aliphatic heterocycles. The van der Waals surface area contributed by atoms with Gasteiger partial charge in [0, 0.05) is 23.2 Å². The van der Waals surface area contributed by atoms with Crippen LogP contribution in [0, 0.1) is 0 Å². The highest BCUT2D eigenvalue weighted by atomic mass is 16.5. The summed E-state index contributed by atoms with van der Waals surface area (Å²) in [4.78, 5) is 15.6. The number of aromatic nitrogens is 3. The van der Waals surface area contributed by atoms with E-state index in [1.807, 2.05) is 48.7 Å². The van der Waals surface area contributed by atoms with E-state index in [-0.39, 0.29) is 5.69 Å². The average molecular weight is 389 g/mol. The van der Waals surface area contributed by atoms with Crippen molar-refractivity contribution in [1.29, 1.82) is 0 Å². The molecule has 29 heavy (non-hydrogen) atoms. The molecule has 4 aromatic rings. The minimum Gasteiger partial charge on any atom is -0.497 e. The Bertz CT molecular complexity index is 1180. The van der Waals surface area contributed by atoms with E-state index in [9.17, 15) is 9.90 Å². The van der Waals surface area contributed by atoms with E-state index in [2.05, 4.69) is 4.98 Å². The maximum absolute atomic E-state index is 11.3. The summed E-state index contributed by atoms with van der Waals surface area (Å²) >= 11 is 0. The summed E-state index contributed by atoms with van der Waals surface area (Å²) in [6, 6.07) is 16.5. The highest BCUT2D eigenvalue weighted by molar-refractivity contribution is 5.85. The van der Waals surface area contributed by atoms with E-state index in [0.717, 1.165) is 28.1 Å². The first kappa shape index (κ1) is 18.5. The quantitative estimate of drug-likeness (QED) is 0.541. The SMILES string of the molecule is COc1ccc(-c2nn3cc(OC)ccc3c2Cc2cccc(C(=O)O)n2)cc1. The molecular formula is C22H19N3O4. The minimum absolute atomic E-state index is 0.0200. The number of hydrogen-bond acceptors (Lipinski definition) is 5. The van der Waals surface area contributed by atoms with Gasteiger partial charge >= 0.3 is 5.97 Å². The smallest absolute Gasteiger partial charge is 0.354 e. The summed E-state index contributed by atoms with van der Waals surface area (Å²) in [7, 11) is 3.23. The second-order valence-corrected chi connectivity index (χ2v) is 6.45. The predicted octanol–water partition coefficient (Wildman–Crippen LogP) is 3.70. The Balaban J connectivity index is 1.85. The lowest BCUT2D eigenvalue weighted by Gasteiger charge is -2.06. The number of fused-ring (bicyclic) bond motifs is 1. The average Bonchev–Trinajstić information content (AvgIpc) is 3.11. The number of aromatic carboxylic acids is 1. The molecule has 7 heteroatoms. The van der Waals surface area contributed by atoms with Crippen LogP contribution in [0.15, 0.2) is 60.8 Å². The molecule has 0 saturated carbocycles. The molecule has 0 amide bonds. The Morgan fingerprint density at radius 2 is 1.72 bits per heavy atom. The van der Waals surface area contributed by atoms with Gasteiger partial charge in [-0.2, -0.15) is 5.10 Å². The topological polar surface area (TPSA) is 86.0 Å². The molecule has 3 aromatic heterocycles. The third-order valence-electron chi connectivity index (χ3n) is 4.69. The zero-order valence-corrected chi connectivity index (χ0v) is 16.0. The predicted molar refractivity (Wildman–Crippen MR) is 108 cm³/mol. The molecule has 1 N–H and O–H groups in total. The van der Waals surface area contributed by atoms with E-state index in [4.69, 9.17) is 14.6 Å². The van der Waals surface area contributed by atoms with Crippen molar-refractivity contribution >= 4 is 11.5 Å². The van der Waals surface area contributed by atoms with Gasteiger partial charge in [0.2, 0.25) is 0 Å². The van der Waals surface area contributed by atoms with E-state index in [0.29, 0.717) is 17.9 Å². The molecule has 0 atom stereocenters. The standard InChI is InChI=1S/C22H19N3O4/c1-28-16-8-6-14(7-9-16)21-18(12-15-4-3-5-19(23-15)22(26)27)20-11-10-17(29-2)13-25(20)24-21/h3-11,13H,12H2,1-2H3,(H,26,27). The molecule has 0 fully saturated rings. The minimum atomic E-state index is -1.05. The van der Waals surface area contributed by atoms with Crippen LogP contribution in [0.3, 0.4) is 0 Å². The zero-order valence-electron chi connectivity index (χ0n) is 16.0. The Kier molecular flexibility index (Phi) is 4.87. The van der Waals surface area contributed by atoms with Gasteiger partial charge in [0.25, 0.3) is 0 Å². The van der Waals surface area contributed by atoms with Crippen LogP contribution < -0.4 is 9.47 Å². The fraction of sp³-hybridized carbons (Fsp3) is 0.136.